The molecule has 3 N–H and O–H groups in total. The van der Waals surface area contributed by atoms with E-state index in [9.17, 15) is 9.59 Å². The van der Waals surface area contributed by atoms with Crippen molar-refractivity contribution in [1.82, 2.24) is 14.8 Å². The van der Waals surface area contributed by atoms with E-state index in [1.165, 1.54) is 11.8 Å². The molecular weight excluding hydrogens is 414 g/mol. The van der Waals surface area contributed by atoms with Gasteiger partial charge < -0.3 is 20.4 Å². The number of anilines is 1. The summed E-state index contributed by atoms with van der Waals surface area (Å²) in [6.07, 6.45) is 2.34. The van der Waals surface area contributed by atoms with Crippen molar-refractivity contribution in [3.05, 3.63) is 78.1 Å². The van der Waals surface area contributed by atoms with Crippen LogP contribution >= 0.6 is 11.8 Å². The van der Waals surface area contributed by atoms with Crippen LogP contribution in [-0.2, 0) is 17.8 Å². The number of hydrogen-bond donors (Lipinski definition) is 2. The zero-order chi connectivity index (χ0) is 22.2. The number of benzene rings is 2. The van der Waals surface area contributed by atoms with Gasteiger partial charge in [0, 0.05) is 13.0 Å². The van der Waals surface area contributed by atoms with E-state index in [2.05, 4.69) is 22.1 Å². The molecule has 0 aliphatic carbocycles. The molecule has 0 atom stereocenters. The number of para-hydroxylation sites is 1. The molecule has 0 radical (unpaired) electrons. The van der Waals surface area contributed by atoms with Crippen LogP contribution in [0.4, 0.5) is 5.69 Å². The summed E-state index contributed by atoms with van der Waals surface area (Å²) in [5.74, 6) is 0.787. The summed E-state index contributed by atoms with van der Waals surface area (Å²) in [6.45, 7) is 4.32. The molecule has 0 saturated carbocycles. The van der Waals surface area contributed by atoms with Gasteiger partial charge in [0.1, 0.15) is 11.6 Å². The molecule has 3 rings (SSSR count). The smallest absolute Gasteiger partial charge is 0.250 e. The number of methoxy groups -OCH3 is 1. The number of hydrogen-bond acceptors (Lipinski definition) is 6. The minimum atomic E-state index is -0.600. The molecule has 1 heterocycles. The number of rotatable bonds is 10. The van der Waals surface area contributed by atoms with Crippen LogP contribution in [0.3, 0.4) is 0 Å². The Kier molecular flexibility index (Phi) is 7.45. The van der Waals surface area contributed by atoms with Gasteiger partial charge in [0.25, 0.3) is 5.91 Å². The Morgan fingerprint density at radius 2 is 1.94 bits per heavy atom. The molecule has 160 valence electrons. The van der Waals surface area contributed by atoms with Crippen LogP contribution < -0.4 is 15.8 Å². The number of aromatic nitrogens is 3. The lowest BCUT2D eigenvalue weighted by molar-refractivity contribution is -0.113. The summed E-state index contributed by atoms with van der Waals surface area (Å²) in [5, 5.41) is 11.9. The summed E-state index contributed by atoms with van der Waals surface area (Å²) in [5.41, 5.74) is 7.07. The molecule has 0 spiro atoms. The third kappa shape index (κ3) is 5.73. The fourth-order valence-electron chi connectivity index (χ4n) is 2.92. The van der Waals surface area contributed by atoms with Crippen molar-refractivity contribution in [3.8, 4) is 5.75 Å². The van der Waals surface area contributed by atoms with E-state index in [0.717, 1.165) is 17.1 Å². The second-order valence-corrected chi connectivity index (χ2v) is 7.51. The topological polar surface area (TPSA) is 112 Å². The number of thioether (sulfide) groups is 1. The fourth-order valence-corrected chi connectivity index (χ4v) is 3.68. The summed E-state index contributed by atoms with van der Waals surface area (Å²) in [7, 11) is 1.63. The average Bonchev–Trinajstić information content (AvgIpc) is 3.14. The standard InChI is InChI=1S/C22H23N5O3S/c1-3-12-27-19(13-15-8-10-16(30-2)11-9-15)25-26-22(27)31-14-20(28)24-18-7-5-4-6-17(18)21(23)29/h3-11H,1,12-14H2,2H3,(H2,23,29)(H,24,28). The van der Waals surface area contributed by atoms with E-state index < -0.39 is 5.91 Å². The summed E-state index contributed by atoms with van der Waals surface area (Å²) < 4.78 is 7.11. The van der Waals surface area contributed by atoms with Crippen molar-refractivity contribution in [3.63, 3.8) is 0 Å². The summed E-state index contributed by atoms with van der Waals surface area (Å²) in [4.78, 5) is 23.9. The first kappa shape index (κ1) is 22.1. The Morgan fingerprint density at radius 3 is 2.61 bits per heavy atom. The minimum absolute atomic E-state index is 0.102. The van der Waals surface area contributed by atoms with Crippen molar-refractivity contribution >= 4 is 29.3 Å². The van der Waals surface area contributed by atoms with Crippen molar-refractivity contribution in [2.45, 2.75) is 18.1 Å². The van der Waals surface area contributed by atoms with E-state index >= 15 is 0 Å². The number of amides is 2. The monoisotopic (exact) mass is 437 g/mol. The second-order valence-electron chi connectivity index (χ2n) is 6.57. The third-order valence-electron chi connectivity index (χ3n) is 4.43. The number of ether oxygens (including phenoxy) is 1. The molecule has 2 aromatic carbocycles. The van der Waals surface area contributed by atoms with E-state index in [1.54, 1.807) is 37.5 Å². The molecule has 8 nitrogen and oxygen atoms in total. The number of nitrogens with zero attached hydrogens (tertiary/aromatic N) is 3. The number of carbonyl (C=O) groups excluding carboxylic acids is 2. The molecule has 0 aliphatic rings. The summed E-state index contributed by atoms with van der Waals surface area (Å²) >= 11 is 1.26. The Balaban J connectivity index is 1.68. The number of nitrogens with two attached hydrogens (primary N) is 1. The maximum atomic E-state index is 12.4. The SMILES string of the molecule is C=CCn1c(Cc2ccc(OC)cc2)nnc1SCC(=O)Nc1ccccc1C(N)=O. The van der Waals surface area contributed by atoms with Gasteiger partial charge in [-0.25, -0.2) is 0 Å². The Bertz CT molecular complexity index is 1080. The van der Waals surface area contributed by atoms with Gasteiger partial charge >= 0.3 is 0 Å². The first-order chi connectivity index (χ1) is 15.0. The lowest BCUT2D eigenvalue weighted by Crippen LogP contribution is -2.19. The molecule has 2 amide bonds. The highest BCUT2D eigenvalue weighted by atomic mass is 32.2. The third-order valence-corrected chi connectivity index (χ3v) is 5.39. The van der Waals surface area contributed by atoms with Crippen LogP contribution in [0.2, 0.25) is 0 Å². The number of carbonyl (C=O) groups is 2. The van der Waals surface area contributed by atoms with Gasteiger partial charge in [0.2, 0.25) is 5.91 Å². The van der Waals surface area contributed by atoms with Gasteiger partial charge in [-0.15, -0.1) is 16.8 Å². The van der Waals surface area contributed by atoms with Crippen LogP contribution in [0.15, 0.2) is 66.3 Å². The predicted molar refractivity (Wildman–Crippen MR) is 120 cm³/mol. The molecule has 31 heavy (non-hydrogen) atoms. The van der Waals surface area contributed by atoms with Crippen LogP contribution in [0.1, 0.15) is 21.7 Å². The molecular formula is C22H23N5O3S. The molecule has 1 aromatic heterocycles. The molecule has 0 fully saturated rings. The number of allylic oxidation sites excluding steroid dienone is 1. The maximum Gasteiger partial charge on any atom is 0.250 e. The highest BCUT2D eigenvalue weighted by Crippen LogP contribution is 2.21. The predicted octanol–water partition coefficient (Wildman–Crippen LogP) is 2.89. The van der Waals surface area contributed by atoms with Crippen molar-refractivity contribution < 1.29 is 14.3 Å². The quantitative estimate of drug-likeness (QED) is 0.373. The molecule has 0 bridgehead atoms. The highest BCUT2D eigenvalue weighted by molar-refractivity contribution is 7.99. The molecule has 0 saturated heterocycles. The van der Waals surface area contributed by atoms with Crippen molar-refractivity contribution in [2.24, 2.45) is 5.73 Å². The Hall–Kier alpha value is -3.59. The van der Waals surface area contributed by atoms with Gasteiger partial charge in [-0.2, -0.15) is 0 Å². The first-order valence-electron chi connectivity index (χ1n) is 9.49. The number of primary amides is 1. The van der Waals surface area contributed by atoms with Gasteiger partial charge in [-0.05, 0) is 29.8 Å². The molecule has 0 aliphatic heterocycles. The van der Waals surface area contributed by atoms with Crippen LogP contribution in [0, 0.1) is 0 Å². The van der Waals surface area contributed by atoms with Crippen LogP contribution in [-0.4, -0.2) is 39.4 Å². The van der Waals surface area contributed by atoms with E-state index in [-0.39, 0.29) is 17.2 Å². The van der Waals surface area contributed by atoms with Gasteiger partial charge in [0.15, 0.2) is 5.16 Å². The van der Waals surface area contributed by atoms with Crippen LogP contribution in [0.5, 0.6) is 5.75 Å². The van der Waals surface area contributed by atoms with Crippen molar-refractivity contribution in [1.29, 1.82) is 0 Å². The molecule has 0 unspecified atom stereocenters. The Morgan fingerprint density at radius 1 is 1.19 bits per heavy atom. The lowest BCUT2D eigenvalue weighted by atomic mass is 10.1. The fraction of sp³-hybridized carbons (Fsp3) is 0.182. The minimum Gasteiger partial charge on any atom is -0.497 e. The zero-order valence-corrected chi connectivity index (χ0v) is 17.9. The largest absolute Gasteiger partial charge is 0.497 e. The van der Waals surface area contributed by atoms with Gasteiger partial charge in [-0.1, -0.05) is 42.1 Å². The van der Waals surface area contributed by atoms with Gasteiger partial charge in [-0.3, -0.25) is 9.59 Å². The molecule has 9 heteroatoms. The van der Waals surface area contributed by atoms with E-state index in [4.69, 9.17) is 10.5 Å². The van der Waals surface area contributed by atoms with Crippen LogP contribution in [0.25, 0.3) is 0 Å². The van der Waals surface area contributed by atoms with Crippen molar-refractivity contribution in [2.75, 3.05) is 18.2 Å². The highest BCUT2D eigenvalue weighted by Gasteiger charge is 2.15. The number of nitrogens with one attached hydrogen (secondary N) is 1. The normalized spacial score (nSPS) is 10.5. The maximum absolute atomic E-state index is 12.4. The van der Waals surface area contributed by atoms with E-state index in [0.29, 0.717) is 23.8 Å². The summed E-state index contributed by atoms with van der Waals surface area (Å²) in [6, 6.07) is 14.4. The van der Waals surface area contributed by atoms with E-state index in [1.807, 2.05) is 28.8 Å². The first-order valence-corrected chi connectivity index (χ1v) is 10.5. The van der Waals surface area contributed by atoms with Gasteiger partial charge in [0.05, 0.1) is 24.1 Å². The Labute approximate surface area is 184 Å². The second kappa shape index (κ2) is 10.4. The lowest BCUT2D eigenvalue weighted by Gasteiger charge is -2.10. The average molecular weight is 438 g/mol. The zero-order valence-electron chi connectivity index (χ0n) is 17.1. The molecule has 3 aromatic rings.